The number of esters is 1. The van der Waals surface area contributed by atoms with Gasteiger partial charge < -0.3 is 14.2 Å². The third-order valence-corrected chi connectivity index (χ3v) is 17.0. The van der Waals surface area contributed by atoms with Crippen molar-refractivity contribution in [2.45, 2.75) is 163 Å². The maximum atomic E-state index is 13.7. The van der Waals surface area contributed by atoms with E-state index in [-0.39, 0.29) is 11.8 Å². The maximum absolute atomic E-state index is 13.7. The molecule has 69 heavy (non-hydrogen) atoms. The summed E-state index contributed by atoms with van der Waals surface area (Å²) in [7, 11) is 0. The van der Waals surface area contributed by atoms with Gasteiger partial charge in [-0.2, -0.15) is 0 Å². The number of benzene rings is 6. The van der Waals surface area contributed by atoms with E-state index in [1.807, 2.05) is 0 Å². The molecule has 0 aromatic heterocycles. The second-order valence-corrected chi connectivity index (χ2v) is 20.5. The topological polar surface area (TPSA) is 61.8 Å². The molecule has 0 radical (unpaired) electrons. The predicted molar refractivity (Wildman–Crippen MR) is 284 cm³/mol. The van der Waals surface area contributed by atoms with Gasteiger partial charge in [0.05, 0.1) is 5.56 Å². The highest BCUT2D eigenvalue weighted by Crippen LogP contribution is 2.60. The van der Waals surface area contributed by atoms with E-state index >= 15 is 0 Å². The summed E-state index contributed by atoms with van der Waals surface area (Å²) < 4.78 is 20.1. The van der Waals surface area contributed by atoms with Crippen molar-refractivity contribution in [3.8, 4) is 23.0 Å². The SMILES string of the molecule is C=c1c(C)cc2c(c1C)Oc1c(cc(C)c(CC)c1C)C=2c1c(C)c(C)c(C)c(C)c1C(C)=O.CCc1c(C)cc2c(c1C)Oc1c(cc(C)c(CC)c1C)C21OC(=O)c2c(C)c(C)c(C)c(C)c21. The lowest BCUT2D eigenvalue weighted by molar-refractivity contribution is 0.0221. The number of aryl methyl sites for hydroxylation is 4. The van der Waals surface area contributed by atoms with Gasteiger partial charge in [-0.1, -0.05) is 27.4 Å². The Hall–Kier alpha value is -6.20. The number of rotatable bonds is 5. The molecule has 1 spiro atoms. The van der Waals surface area contributed by atoms with Crippen molar-refractivity contribution >= 4 is 23.9 Å². The van der Waals surface area contributed by atoms with Crippen LogP contribution in [0, 0.1) is 111 Å². The minimum Gasteiger partial charge on any atom is -0.456 e. The van der Waals surface area contributed by atoms with E-state index in [1.54, 1.807) is 6.92 Å². The first kappa shape index (κ1) is 49.2. The molecule has 9 rings (SSSR count). The first-order valence-electron chi connectivity index (χ1n) is 25.0. The molecule has 0 atom stereocenters. The number of carbonyl (C=O) groups is 2. The van der Waals surface area contributed by atoms with Gasteiger partial charge in [-0.05, 0) is 278 Å². The summed E-state index contributed by atoms with van der Waals surface area (Å²) in [6.07, 6.45) is 2.80. The second-order valence-electron chi connectivity index (χ2n) is 20.5. The van der Waals surface area contributed by atoms with E-state index in [9.17, 15) is 9.59 Å². The molecule has 0 fully saturated rings. The molecule has 0 bridgehead atoms. The van der Waals surface area contributed by atoms with Crippen LogP contribution in [0.4, 0.5) is 0 Å². The van der Waals surface area contributed by atoms with E-state index in [0.29, 0.717) is 5.56 Å². The Balaban J connectivity index is 0.000000186. The van der Waals surface area contributed by atoms with Crippen LogP contribution in [-0.2, 0) is 29.6 Å². The van der Waals surface area contributed by atoms with Gasteiger partial charge in [0.2, 0.25) is 0 Å². The van der Waals surface area contributed by atoms with Crippen molar-refractivity contribution in [3.63, 3.8) is 0 Å². The molecule has 0 saturated heterocycles. The average Bonchev–Trinajstić information content (AvgIpc) is 3.61. The highest BCUT2D eigenvalue weighted by Gasteiger charge is 2.56. The lowest BCUT2D eigenvalue weighted by Gasteiger charge is -2.40. The number of hydrogen-bond acceptors (Lipinski definition) is 5. The summed E-state index contributed by atoms with van der Waals surface area (Å²) in [4.78, 5) is 26.9. The number of carbonyl (C=O) groups excluding carboxylic acids is 2. The standard InChI is InChI=1S/C32H36O3.C32H36O2/c1-11-23-15(3)13-25-29(21(23)9)34-30-22(10)24(12-2)16(4)14-26(30)32(25)28-20(8)18(6)17(5)19(7)27(28)31(33)35-32;1-12-25-16(3)14-27-30(29-21(8)19(6)18(5)20(7)28(29)24(11)33)26-13-15(2)17(4)22(9)31(26)34-32(27)23(25)10/h13-14H,11-12H2,1-10H3;13-14H,4,12H2,1-3,5-11H3. The fourth-order valence-corrected chi connectivity index (χ4v) is 12.5. The quantitative estimate of drug-likeness (QED) is 0.127. The average molecular weight is 921 g/mol. The van der Waals surface area contributed by atoms with Gasteiger partial charge in [0.15, 0.2) is 11.4 Å². The first-order valence-corrected chi connectivity index (χ1v) is 25.0. The van der Waals surface area contributed by atoms with E-state index in [2.05, 4.69) is 162 Å². The maximum Gasteiger partial charge on any atom is 0.340 e. The Morgan fingerprint density at radius 1 is 0.493 bits per heavy atom. The van der Waals surface area contributed by atoms with Crippen molar-refractivity contribution < 1.29 is 23.8 Å². The zero-order chi connectivity index (χ0) is 50.8. The number of ketones is 1. The summed E-state index contributed by atoms with van der Waals surface area (Å²) in [6.45, 7) is 46.6. The smallest absolute Gasteiger partial charge is 0.340 e. The molecular weight excluding hydrogens is 849 g/mol. The number of Topliss-reactive ketones (excluding diaryl/α,β-unsaturated/α-hetero) is 1. The van der Waals surface area contributed by atoms with Gasteiger partial charge in [-0.25, -0.2) is 4.79 Å². The van der Waals surface area contributed by atoms with Crippen molar-refractivity contribution in [1.29, 1.82) is 0 Å². The molecule has 0 saturated carbocycles. The highest BCUT2D eigenvalue weighted by atomic mass is 16.6. The fourth-order valence-electron chi connectivity index (χ4n) is 12.5. The fraction of sp³-hybridized carbons (Fsp3) is 0.375. The molecule has 0 N–H and O–H groups in total. The molecule has 0 aliphatic carbocycles. The molecule has 0 amide bonds. The molecule has 0 unspecified atom stereocenters. The Morgan fingerprint density at radius 3 is 1.42 bits per heavy atom. The minimum absolute atomic E-state index is 0.0987. The lowest BCUT2D eigenvalue weighted by atomic mass is 9.71. The van der Waals surface area contributed by atoms with Gasteiger partial charge in [0.25, 0.3) is 0 Å². The Bertz CT molecular complexity index is 3360. The summed E-state index contributed by atoms with van der Waals surface area (Å²) in [5, 5.41) is 2.05. The lowest BCUT2D eigenvalue weighted by Crippen LogP contribution is -2.35. The second kappa shape index (κ2) is 17.3. The largest absolute Gasteiger partial charge is 0.456 e. The molecule has 358 valence electrons. The molecular formula is C64H72O5. The van der Waals surface area contributed by atoms with Crippen LogP contribution in [-0.4, -0.2) is 11.8 Å². The molecule has 3 heterocycles. The zero-order valence-corrected chi connectivity index (χ0v) is 45.2. The summed E-state index contributed by atoms with van der Waals surface area (Å²) in [6, 6.07) is 8.86. The van der Waals surface area contributed by atoms with Gasteiger partial charge in [-0.15, -0.1) is 0 Å². The van der Waals surface area contributed by atoms with E-state index in [1.165, 1.54) is 55.6 Å². The van der Waals surface area contributed by atoms with Crippen LogP contribution in [0.2, 0.25) is 0 Å². The van der Waals surface area contributed by atoms with Gasteiger partial charge in [0, 0.05) is 38.6 Å². The van der Waals surface area contributed by atoms with Crippen molar-refractivity contribution in [3.05, 3.63) is 179 Å². The number of fused-ring (bicyclic) bond motifs is 8. The van der Waals surface area contributed by atoms with E-state index < -0.39 is 5.60 Å². The molecule has 5 nitrogen and oxygen atoms in total. The zero-order valence-electron chi connectivity index (χ0n) is 45.2. The summed E-state index contributed by atoms with van der Waals surface area (Å²) in [5.74, 6) is 3.29. The van der Waals surface area contributed by atoms with Crippen LogP contribution in [0.5, 0.6) is 23.0 Å². The van der Waals surface area contributed by atoms with Crippen LogP contribution >= 0.6 is 0 Å². The third-order valence-electron chi connectivity index (χ3n) is 17.0. The third kappa shape index (κ3) is 6.91. The molecule has 6 aromatic rings. The number of hydrogen-bond donors (Lipinski definition) is 0. The molecule has 3 aliphatic heterocycles. The van der Waals surface area contributed by atoms with Crippen molar-refractivity contribution in [2.75, 3.05) is 0 Å². The van der Waals surface area contributed by atoms with Crippen LogP contribution < -0.4 is 19.9 Å². The normalized spacial score (nSPS) is 13.7. The summed E-state index contributed by atoms with van der Waals surface area (Å²) in [5.41, 5.74) is 28.9. The van der Waals surface area contributed by atoms with Crippen LogP contribution in [0.3, 0.4) is 0 Å². The highest BCUT2D eigenvalue weighted by molar-refractivity contribution is 6.05. The van der Waals surface area contributed by atoms with E-state index in [4.69, 9.17) is 14.2 Å². The van der Waals surface area contributed by atoms with Gasteiger partial charge in [-0.3, -0.25) is 4.79 Å². The van der Waals surface area contributed by atoms with Crippen molar-refractivity contribution in [2.24, 2.45) is 0 Å². The Morgan fingerprint density at radius 2 is 0.928 bits per heavy atom. The molecule has 3 aliphatic rings. The van der Waals surface area contributed by atoms with Gasteiger partial charge in [0.1, 0.15) is 23.0 Å². The van der Waals surface area contributed by atoms with Crippen LogP contribution in [0.15, 0.2) is 24.3 Å². The number of ether oxygens (including phenoxy) is 3. The Kier molecular flexibility index (Phi) is 12.4. The minimum atomic E-state index is -1.02. The summed E-state index contributed by atoms with van der Waals surface area (Å²) >= 11 is 0. The Labute approximate surface area is 411 Å². The monoisotopic (exact) mass is 921 g/mol. The van der Waals surface area contributed by atoms with Crippen LogP contribution in [0.1, 0.15) is 182 Å². The van der Waals surface area contributed by atoms with Crippen LogP contribution in [0.25, 0.3) is 12.2 Å². The molecule has 5 heteroatoms. The van der Waals surface area contributed by atoms with Crippen molar-refractivity contribution in [1.82, 2.24) is 0 Å². The van der Waals surface area contributed by atoms with E-state index in [0.717, 1.165) is 142 Å². The molecule has 6 aromatic carbocycles. The predicted octanol–water partition coefficient (Wildman–Crippen LogP) is 14.5. The van der Waals surface area contributed by atoms with Gasteiger partial charge >= 0.3 is 5.97 Å². The first-order chi connectivity index (χ1) is 32.4.